The van der Waals surface area contributed by atoms with Crippen molar-refractivity contribution in [3.63, 3.8) is 0 Å². The number of rotatable bonds is 5. The van der Waals surface area contributed by atoms with Crippen LogP contribution >= 0.6 is 23.3 Å². The summed E-state index contributed by atoms with van der Waals surface area (Å²) in [5.74, 6) is -0.0988. The Hall–Kier alpha value is -1.40. The predicted octanol–water partition coefficient (Wildman–Crippen LogP) is 3.31. The van der Waals surface area contributed by atoms with Gasteiger partial charge in [0.15, 0.2) is 0 Å². The summed E-state index contributed by atoms with van der Waals surface area (Å²) in [5.41, 5.74) is 1.85. The van der Waals surface area contributed by atoms with Crippen LogP contribution in [-0.2, 0) is 6.42 Å². The van der Waals surface area contributed by atoms with Gasteiger partial charge in [-0.25, -0.2) is 0 Å². The summed E-state index contributed by atoms with van der Waals surface area (Å²) < 4.78 is 3.84. The van der Waals surface area contributed by atoms with E-state index in [0.29, 0.717) is 4.88 Å². The Morgan fingerprint density at radius 3 is 2.70 bits per heavy atom. The number of aromatic nitrogens is 2. The molecule has 1 N–H and O–H groups in total. The highest BCUT2D eigenvalue weighted by molar-refractivity contribution is 7.98. The van der Waals surface area contributed by atoms with Gasteiger partial charge in [-0.2, -0.15) is 0 Å². The van der Waals surface area contributed by atoms with Gasteiger partial charge in [0.25, 0.3) is 5.91 Å². The summed E-state index contributed by atoms with van der Waals surface area (Å²) in [5, 5.41) is 6.96. The molecular weight excluding hydrogens is 290 g/mol. The highest BCUT2D eigenvalue weighted by Gasteiger charge is 2.17. The van der Waals surface area contributed by atoms with Crippen molar-refractivity contribution in [1.82, 2.24) is 14.9 Å². The Kier molecular flexibility index (Phi) is 5.14. The van der Waals surface area contributed by atoms with Crippen LogP contribution in [0.5, 0.6) is 0 Å². The van der Waals surface area contributed by atoms with Crippen molar-refractivity contribution in [2.24, 2.45) is 0 Å². The number of thioether (sulfide) groups is 1. The topological polar surface area (TPSA) is 54.9 Å². The molecule has 1 amide bonds. The molecule has 6 heteroatoms. The largest absolute Gasteiger partial charge is 0.345 e. The molecule has 1 heterocycles. The zero-order valence-corrected chi connectivity index (χ0v) is 13.3. The molecule has 0 saturated carbocycles. The number of hydrogen-bond acceptors (Lipinski definition) is 5. The van der Waals surface area contributed by atoms with Crippen LogP contribution in [-0.4, -0.2) is 21.7 Å². The summed E-state index contributed by atoms with van der Waals surface area (Å²) in [6.45, 7) is 3.95. The van der Waals surface area contributed by atoms with Crippen LogP contribution in [0.25, 0.3) is 0 Å². The minimum absolute atomic E-state index is 0.0368. The van der Waals surface area contributed by atoms with Gasteiger partial charge in [-0.15, -0.1) is 16.9 Å². The second-order valence-corrected chi connectivity index (χ2v) is 6.00. The first-order chi connectivity index (χ1) is 9.65. The fourth-order valence-corrected chi connectivity index (χ4v) is 2.91. The maximum Gasteiger partial charge on any atom is 0.265 e. The Bertz CT molecular complexity index is 580. The maximum absolute atomic E-state index is 12.2. The lowest BCUT2D eigenvalue weighted by atomic mass is 10.1. The van der Waals surface area contributed by atoms with E-state index in [9.17, 15) is 4.79 Å². The van der Waals surface area contributed by atoms with E-state index in [-0.39, 0.29) is 11.9 Å². The highest BCUT2D eigenvalue weighted by atomic mass is 32.2. The van der Waals surface area contributed by atoms with Gasteiger partial charge in [0, 0.05) is 4.90 Å². The number of carbonyl (C=O) groups is 1. The normalized spacial score (nSPS) is 12.2. The Morgan fingerprint density at radius 2 is 2.10 bits per heavy atom. The van der Waals surface area contributed by atoms with Gasteiger partial charge >= 0.3 is 0 Å². The summed E-state index contributed by atoms with van der Waals surface area (Å²) in [6.07, 6.45) is 2.76. The van der Waals surface area contributed by atoms with E-state index in [1.54, 1.807) is 11.8 Å². The molecule has 0 saturated heterocycles. The molecule has 0 aliphatic rings. The van der Waals surface area contributed by atoms with E-state index >= 15 is 0 Å². The zero-order valence-electron chi connectivity index (χ0n) is 11.7. The molecule has 20 heavy (non-hydrogen) atoms. The fraction of sp³-hybridized carbons (Fsp3) is 0.357. The van der Waals surface area contributed by atoms with Crippen LogP contribution in [0.4, 0.5) is 0 Å². The first kappa shape index (κ1) is 15.0. The lowest BCUT2D eigenvalue weighted by Gasteiger charge is -2.14. The molecular formula is C14H17N3OS2. The molecule has 1 aromatic heterocycles. The van der Waals surface area contributed by atoms with Gasteiger partial charge in [-0.3, -0.25) is 4.79 Å². The van der Waals surface area contributed by atoms with E-state index in [0.717, 1.165) is 29.2 Å². The molecule has 106 valence electrons. The van der Waals surface area contributed by atoms with Crippen molar-refractivity contribution in [2.75, 3.05) is 6.26 Å². The number of benzene rings is 1. The van der Waals surface area contributed by atoms with Crippen LogP contribution in [0.1, 0.15) is 40.8 Å². The average Bonchev–Trinajstić information content (AvgIpc) is 2.95. The highest BCUT2D eigenvalue weighted by Crippen LogP contribution is 2.20. The quantitative estimate of drug-likeness (QED) is 0.861. The molecule has 0 aliphatic carbocycles. The molecule has 0 aliphatic heterocycles. The second-order valence-electron chi connectivity index (χ2n) is 4.37. The molecule has 0 unspecified atom stereocenters. The van der Waals surface area contributed by atoms with Crippen LogP contribution in [0.3, 0.4) is 0 Å². The van der Waals surface area contributed by atoms with E-state index < -0.39 is 0 Å². The Balaban J connectivity index is 2.06. The number of nitrogens with zero attached hydrogens (tertiary/aromatic N) is 2. The second kappa shape index (κ2) is 6.85. The van der Waals surface area contributed by atoms with Crippen molar-refractivity contribution < 1.29 is 4.79 Å². The van der Waals surface area contributed by atoms with Crippen LogP contribution < -0.4 is 5.32 Å². The summed E-state index contributed by atoms with van der Waals surface area (Å²) in [6, 6.07) is 8.18. The number of amides is 1. The van der Waals surface area contributed by atoms with E-state index in [4.69, 9.17) is 0 Å². The third-order valence-electron chi connectivity index (χ3n) is 3.06. The molecule has 0 radical (unpaired) electrons. The lowest BCUT2D eigenvalue weighted by molar-refractivity contribution is 0.0943. The van der Waals surface area contributed by atoms with Gasteiger partial charge in [0.2, 0.25) is 0 Å². The summed E-state index contributed by atoms with van der Waals surface area (Å²) in [7, 11) is 0. The molecule has 1 aromatic carbocycles. The SMILES string of the molecule is CCc1nnsc1C(=O)N[C@H](C)c1ccc(SC)cc1. The molecule has 2 aromatic rings. The van der Waals surface area contributed by atoms with Crippen molar-refractivity contribution >= 4 is 29.2 Å². The number of nitrogens with one attached hydrogen (secondary N) is 1. The van der Waals surface area contributed by atoms with Gasteiger partial charge in [-0.05, 0) is 48.8 Å². The van der Waals surface area contributed by atoms with E-state index in [1.165, 1.54) is 4.90 Å². The van der Waals surface area contributed by atoms with Crippen LogP contribution in [0.15, 0.2) is 29.2 Å². The number of carbonyl (C=O) groups excluding carboxylic acids is 1. The van der Waals surface area contributed by atoms with E-state index in [2.05, 4.69) is 27.0 Å². The fourth-order valence-electron chi connectivity index (χ4n) is 1.85. The van der Waals surface area contributed by atoms with Gasteiger partial charge in [-0.1, -0.05) is 23.5 Å². The number of hydrogen-bond donors (Lipinski definition) is 1. The molecule has 0 fully saturated rings. The van der Waals surface area contributed by atoms with E-state index in [1.807, 2.05) is 32.2 Å². The Labute approximate surface area is 127 Å². The first-order valence-corrected chi connectivity index (χ1v) is 8.41. The van der Waals surface area contributed by atoms with Gasteiger partial charge in [0.05, 0.1) is 11.7 Å². The smallest absolute Gasteiger partial charge is 0.265 e. The van der Waals surface area contributed by atoms with Crippen LogP contribution in [0, 0.1) is 0 Å². The monoisotopic (exact) mass is 307 g/mol. The van der Waals surface area contributed by atoms with Crippen molar-refractivity contribution in [1.29, 1.82) is 0 Å². The van der Waals surface area contributed by atoms with Gasteiger partial charge in [0.1, 0.15) is 4.88 Å². The minimum Gasteiger partial charge on any atom is -0.345 e. The van der Waals surface area contributed by atoms with Gasteiger partial charge < -0.3 is 5.32 Å². The van der Waals surface area contributed by atoms with Crippen molar-refractivity contribution in [2.45, 2.75) is 31.2 Å². The third-order valence-corrected chi connectivity index (χ3v) is 4.57. The van der Waals surface area contributed by atoms with Crippen molar-refractivity contribution in [3.8, 4) is 0 Å². The van der Waals surface area contributed by atoms with Crippen molar-refractivity contribution in [3.05, 3.63) is 40.4 Å². The predicted molar refractivity (Wildman–Crippen MR) is 83.4 cm³/mol. The molecule has 4 nitrogen and oxygen atoms in total. The summed E-state index contributed by atoms with van der Waals surface area (Å²) >= 11 is 2.85. The maximum atomic E-state index is 12.2. The minimum atomic E-state index is -0.0988. The first-order valence-electron chi connectivity index (χ1n) is 6.41. The lowest BCUT2D eigenvalue weighted by Crippen LogP contribution is -2.26. The molecule has 2 rings (SSSR count). The Morgan fingerprint density at radius 1 is 1.40 bits per heavy atom. The third kappa shape index (κ3) is 3.37. The number of aryl methyl sites for hydroxylation is 1. The average molecular weight is 307 g/mol. The van der Waals surface area contributed by atoms with Crippen LogP contribution in [0.2, 0.25) is 0 Å². The zero-order chi connectivity index (χ0) is 14.5. The molecule has 1 atom stereocenters. The molecule has 0 spiro atoms. The standard InChI is InChI=1S/C14H17N3OS2/c1-4-12-13(20-17-16-12)14(18)15-9(2)10-5-7-11(19-3)8-6-10/h5-9H,4H2,1-3H3,(H,15,18)/t9-/m1/s1. The summed E-state index contributed by atoms with van der Waals surface area (Å²) in [4.78, 5) is 14.0. The molecule has 0 bridgehead atoms.